The highest BCUT2D eigenvalue weighted by Crippen LogP contribution is 2.27. The Balaban J connectivity index is 1.79. The molecule has 28 heavy (non-hydrogen) atoms. The van der Waals surface area contributed by atoms with Crippen molar-refractivity contribution >= 4 is 34.1 Å². The van der Waals surface area contributed by atoms with Gasteiger partial charge in [0.25, 0.3) is 5.56 Å². The Morgan fingerprint density at radius 3 is 2.68 bits per heavy atom. The number of nitrogens with zero attached hydrogens (tertiary/aromatic N) is 2. The molecule has 0 amide bonds. The largest absolute Gasteiger partial charge is 0.361 e. The summed E-state index contributed by atoms with van der Waals surface area (Å²) in [7, 11) is 0. The van der Waals surface area contributed by atoms with Crippen LogP contribution >= 0.6 is 11.6 Å². The van der Waals surface area contributed by atoms with E-state index in [9.17, 15) is 13.6 Å². The molecule has 0 aliphatic heterocycles. The number of benzene rings is 2. The second kappa shape index (κ2) is 7.09. The minimum absolute atomic E-state index is 0.0755. The van der Waals surface area contributed by atoms with Crippen LogP contribution in [0.3, 0.4) is 0 Å². The van der Waals surface area contributed by atoms with E-state index in [0.29, 0.717) is 5.56 Å². The van der Waals surface area contributed by atoms with Gasteiger partial charge in [-0.05, 0) is 48.4 Å². The zero-order valence-corrected chi connectivity index (χ0v) is 15.5. The fourth-order valence-electron chi connectivity index (χ4n) is 3.12. The first kappa shape index (κ1) is 18.2. The van der Waals surface area contributed by atoms with E-state index in [-0.39, 0.29) is 17.5 Å². The van der Waals surface area contributed by atoms with Crippen molar-refractivity contribution in [2.45, 2.75) is 13.5 Å². The van der Waals surface area contributed by atoms with Crippen LogP contribution in [0.4, 0.5) is 20.4 Å². The molecular weight excluding hydrogens is 386 g/mol. The van der Waals surface area contributed by atoms with E-state index in [4.69, 9.17) is 11.6 Å². The highest BCUT2D eigenvalue weighted by Gasteiger charge is 2.12. The van der Waals surface area contributed by atoms with Crippen LogP contribution in [-0.2, 0) is 6.54 Å². The first-order valence-corrected chi connectivity index (χ1v) is 8.83. The maximum absolute atomic E-state index is 13.5. The van der Waals surface area contributed by atoms with Crippen LogP contribution in [0.2, 0.25) is 5.02 Å². The van der Waals surface area contributed by atoms with E-state index in [1.165, 1.54) is 18.3 Å². The van der Waals surface area contributed by atoms with Gasteiger partial charge in [-0.3, -0.25) is 4.79 Å². The van der Waals surface area contributed by atoms with Gasteiger partial charge in [-0.25, -0.2) is 8.78 Å². The van der Waals surface area contributed by atoms with E-state index in [1.54, 1.807) is 4.57 Å². The molecule has 4 rings (SSSR count). The van der Waals surface area contributed by atoms with Gasteiger partial charge in [0.2, 0.25) is 5.95 Å². The summed E-state index contributed by atoms with van der Waals surface area (Å²) in [6.07, 6.45) is 3.21. The molecule has 2 heterocycles. The van der Waals surface area contributed by atoms with Gasteiger partial charge >= 0.3 is 0 Å². The van der Waals surface area contributed by atoms with Gasteiger partial charge in [-0.15, -0.1) is 0 Å². The van der Waals surface area contributed by atoms with Crippen molar-refractivity contribution in [1.29, 1.82) is 0 Å². The quantitative estimate of drug-likeness (QED) is 0.519. The van der Waals surface area contributed by atoms with Crippen LogP contribution in [0.25, 0.3) is 10.9 Å². The van der Waals surface area contributed by atoms with Gasteiger partial charge in [-0.2, -0.15) is 4.98 Å². The molecule has 0 aliphatic carbocycles. The SMILES string of the molecule is Cc1cc(Nc2nc(=O)c(Cl)cn2Cc2cc(F)cc(F)c2)c2cc[nH]c2c1. The van der Waals surface area contributed by atoms with Crippen LogP contribution in [-0.4, -0.2) is 14.5 Å². The third-order valence-corrected chi connectivity index (χ3v) is 4.55. The van der Waals surface area contributed by atoms with Crippen molar-refractivity contribution in [3.63, 3.8) is 0 Å². The van der Waals surface area contributed by atoms with E-state index in [0.717, 1.165) is 28.2 Å². The van der Waals surface area contributed by atoms with E-state index in [1.807, 2.05) is 31.3 Å². The lowest BCUT2D eigenvalue weighted by atomic mass is 10.1. The Kier molecular flexibility index (Phi) is 4.60. The molecule has 0 unspecified atom stereocenters. The minimum Gasteiger partial charge on any atom is -0.361 e. The Morgan fingerprint density at radius 1 is 1.18 bits per heavy atom. The second-order valence-corrected chi connectivity index (χ2v) is 6.91. The van der Waals surface area contributed by atoms with Crippen molar-refractivity contribution < 1.29 is 8.78 Å². The third kappa shape index (κ3) is 3.61. The summed E-state index contributed by atoms with van der Waals surface area (Å²) in [5.41, 5.74) is 2.46. The molecule has 0 atom stereocenters. The number of halogens is 3. The molecule has 4 aromatic rings. The number of H-pyrrole nitrogens is 1. The summed E-state index contributed by atoms with van der Waals surface area (Å²) in [6.45, 7) is 2.02. The molecule has 2 aromatic heterocycles. The normalized spacial score (nSPS) is 11.1. The molecule has 5 nitrogen and oxygen atoms in total. The molecule has 8 heteroatoms. The zero-order valence-electron chi connectivity index (χ0n) is 14.8. The smallest absolute Gasteiger partial charge is 0.293 e. The van der Waals surface area contributed by atoms with E-state index in [2.05, 4.69) is 15.3 Å². The summed E-state index contributed by atoms with van der Waals surface area (Å²) in [6, 6.07) is 9.05. The van der Waals surface area contributed by atoms with Crippen LogP contribution in [0.1, 0.15) is 11.1 Å². The Hall–Kier alpha value is -3.19. The van der Waals surface area contributed by atoms with Crippen LogP contribution < -0.4 is 10.9 Å². The fourth-order valence-corrected chi connectivity index (χ4v) is 3.28. The Morgan fingerprint density at radius 2 is 1.93 bits per heavy atom. The summed E-state index contributed by atoms with van der Waals surface area (Å²) < 4.78 is 28.6. The monoisotopic (exact) mass is 400 g/mol. The molecule has 0 spiro atoms. The predicted molar refractivity (Wildman–Crippen MR) is 105 cm³/mol. The lowest BCUT2D eigenvalue weighted by Crippen LogP contribution is -2.17. The number of anilines is 2. The van der Waals surface area contributed by atoms with Crippen LogP contribution in [0.5, 0.6) is 0 Å². The fraction of sp³-hybridized carbons (Fsp3) is 0.100. The first-order chi connectivity index (χ1) is 13.4. The summed E-state index contributed by atoms with van der Waals surface area (Å²) in [5, 5.41) is 3.98. The highest BCUT2D eigenvalue weighted by atomic mass is 35.5. The molecule has 0 aliphatic rings. The molecule has 2 N–H and O–H groups in total. The predicted octanol–water partition coefficient (Wildman–Crippen LogP) is 4.76. The molecule has 0 radical (unpaired) electrons. The first-order valence-electron chi connectivity index (χ1n) is 8.46. The molecule has 0 bridgehead atoms. The number of aromatic amines is 1. The molecule has 0 saturated carbocycles. The average Bonchev–Trinajstić information content (AvgIpc) is 3.07. The second-order valence-electron chi connectivity index (χ2n) is 6.50. The standard InChI is InChI=1S/C20H15ClF2N4O/c1-11-4-17-15(2-3-24-17)18(5-11)25-20-26-19(28)16(21)10-27(20)9-12-6-13(22)8-14(23)7-12/h2-8,10,24H,9H2,1H3,(H,25,26,28). The van der Waals surface area contributed by atoms with Crippen LogP contribution in [0.15, 0.2) is 53.6 Å². The van der Waals surface area contributed by atoms with Gasteiger partial charge in [0.15, 0.2) is 0 Å². The van der Waals surface area contributed by atoms with E-state index < -0.39 is 17.2 Å². The lowest BCUT2D eigenvalue weighted by Gasteiger charge is -2.15. The van der Waals surface area contributed by atoms with Gasteiger partial charge < -0.3 is 14.9 Å². The number of fused-ring (bicyclic) bond motifs is 1. The lowest BCUT2D eigenvalue weighted by molar-refractivity contribution is 0.577. The van der Waals surface area contributed by atoms with Gasteiger partial charge in [-0.1, -0.05) is 11.6 Å². The Labute approximate surface area is 163 Å². The van der Waals surface area contributed by atoms with Crippen molar-refractivity contribution in [3.8, 4) is 0 Å². The summed E-state index contributed by atoms with van der Waals surface area (Å²) in [4.78, 5) is 19.1. The zero-order chi connectivity index (χ0) is 19.8. The molecular formula is C20H15ClF2N4O. The molecule has 0 saturated heterocycles. The number of aryl methyl sites for hydroxylation is 1. The van der Waals surface area contributed by atoms with Gasteiger partial charge in [0.05, 0.1) is 12.2 Å². The molecule has 0 fully saturated rings. The number of hydrogen-bond acceptors (Lipinski definition) is 3. The molecule has 142 valence electrons. The van der Waals surface area contributed by atoms with Gasteiger partial charge in [0.1, 0.15) is 16.7 Å². The van der Waals surface area contributed by atoms with Crippen molar-refractivity contribution in [1.82, 2.24) is 14.5 Å². The van der Waals surface area contributed by atoms with Crippen molar-refractivity contribution in [2.75, 3.05) is 5.32 Å². The van der Waals surface area contributed by atoms with Crippen LogP contribution in [0, 0.1) is 18.6 Å². The summed E-state index contributed by atoms with van der Waals surface area (Å²) >= 11 is 5.94. The van der Waals surface area contributed by atoms with Crippen molar-refractivity contribution in [2.24, 2.45) is 0 Å². The maximum atomic E-state index is 13.5. The maximum Gasteiger partial charge on any atom is 0.293 e. The van der Waals surface area contributed by atoms with Crippen molar-refractivity contribution in [3.05, 3.63) is 86.9 Å². The Bertz CT molecular complexity index is 1230. The van der Waals surface area contributed by atoms with Gasteiger partial charge in [0, 0.05) is 29.4 Å². The average molecular weight is 401 g/mol. The number of hydrogen-bond donors (Lipinski definition) is 2. The topological polar surface area (TPSA) is 62.7 Å². The number of nitrogens with one attached hydrogen (secondary N) is 2. The van der Waals surface area contributed by atoms with E-state index >= 15 is 0 Å². The summed E-state index contributed by atoms with van der Waals surface area (Å²) in [5.74, 6) is -1.15. The number of aromatic nitrogens is 3. The minimum atomic E-state index is -0.683. The third-order valence-electron chi connectivity index (χ3n) is 4.29. The number of rotatable bonds is 4. The highest BCUT2D eigenvalue weighted by molar-refractivity contribution is 6.30. The molecule has 2 aromatic carbocycles.